The summed E-state index contributed by atoms with van der Waals surface area (Å²) in [5.41, 5.74) is 0. The Morgan fingerprint density at radius 2 is 2.70 bits per heavy atom. The van der Waals surface area contributed by atoms with Crippen molar-refractivity contribution in [3.63, 3.8) is 0 Å². The van der Waals surface area contributed by atoms with E-state index in [1.807, 2.05) is 0 Å². The fraction of sp³-hybridized carbons (Fsp3) is 0.600. The van der Waals surface area contributed by atoms with Crippen molar-refractivity contribution >= 4 is 8.60 Å². The molecule has 0 aromatic rings. The van der Waals surface area contributed by atoms with Gasteiger partial charge < -0.3 is 18.7 Å². The van der Waals surface area contributed by atoms with Gasteiger partial charge in [0.2, 0.25) is 0 Å². The van der Waals surface area contributed by atoms with E-state index >= 15 is 0 Å². The lowest BCUT2D eigenvalue weighted by Gasteiger charge is -2.04. The summed E-state index contributed by atoms with van der Waals surface area (Å²) in [6.07, 6.45) is 1.19. The van der Waals surface area contributed by atoms with Gasteiger partial charge in [0.05, 0.1) is 12.9 Å². The van der Waals surface area contributed by atoms with E-state index in [0.717, 1.165) is 0 Å². The molecule has 1 saturated heterocycles. The first-order valence-corrected chi connectivity index (χ1v) is 3.97. The molecular formula is C5H9O4P. The predicted molar refractivity (Wildman–Crippen MR) is 36.1 cm³/mol. The summed E-state index contributed by atoms with van der Waals surface area (Å²) in [5.74, 6) is 0. The zero-order valence-corrected chi connectivity index (χ0v) is 6.29. The highest BCUT2D eigenvalue weighted by atomic mass is 31.2. The van der Waals surface area contributed by atoms with Crippen molar-refractivity contribution in [1.82, 2.24) is 0 Å². The van der Waals surface area contributed by atoms with Crippen LogP contribution in [0, 0.1) is 0 Å². The van der Waals surface area contributed by atoms with Gasteiger partial charge in [0, 0.05) is 0 Å². The zero-order chi connectivity index (χ0) is 7.40. The first-order chi connectivity index (χ1) is 4.83. The maximum absolute atomic E-state index is 8.74. The van der Waals surface area contributed by atoms with Gasteiger partial charge in [-0.15, -0.1) is 0 Å². The molecule has 58 valence electrons. The Bertz CT molecular complexity index is 118. The lowest BCUT2D eigenvalue weighted by atomic mass is 10.4. The fourth-order valence-electron chi connectivity index (χ4n) is 0.589. The molecule has 0 spiro atoms. The van der Waals surface area contributed by atoms with Crippen LogP contribution in [0.15, 0.2) is 12.8 Å². The summed E-state index contributed by atoms with van der Waals surface area (Å²) in [6, 6.07) is 0. The third kappa shape index (κ3) is 2.23. The maximum atomic E-state index is 8.74. The van der Waals surface area contributed by atoms with Crippen LogP contribution in [0.3, 0.4) is 0 Å². The normalized spacial score (nSPS) is 32.1. The average molecular weight is 164 g/mol. The second kappa shape index (κ2) is 3.88. The topological polar surface area (TPSA) is 47.9 Å². The van der Waals surface area contributed by atoms with Crippen molar-refractivity contribution in [2.75, 3.05) is 13.2 Å². The quantitative estimate of drug-likeness (QED) is 0.494. The number of rotatable bonds is 3. The molecule has 4 nitrogen and oxygen atoms in total. The minimum absolute atomic E-state index is 0.144. The van der Waals surface area contributed by atoms with E-state index in [4.69, 9.17) is 18.7 Å². The van der Waals surface area contributed by atoms with Crippen LogP contribution >= 0.6 is 8.60 Å². The summed E-state index contributed by atoms with van der Waals surface area (Å²) in [5, 5.41) is 0. The van der Waals surface area contributed by atoms with Crippen molar-refractivity contribution in [3.05, 3.63) is 12.8 Å². The van der Waals surface area contributed by atoms with Crippen molar-refractivity contribution in [2.45, 2.75) is 6.10 Å². The van der Waals surface area contributed by atoms with Gasteiger partial charge in [-0.2, -0.15) is 0 Å². The van der Waals surface area contributed by atoms with Gasteiger partial charge in [-0.3, -0.25) is 0 Å². The fourth-order valence-corrected chi connectivity index (χ4v) is 1.32. The Kier molecular flexibility index (Phi) is 3.09. The van der Waals surface area contributed by atoms with E-state index in [1.165, 1.54) is 6.26 Å². The standard InChI is InChI=1S/C5H9O4P/c1-2-7-3-5-4-8-10(6)9-5/h2,5-6H,1,3-4H2. The molecule has 0 aromatic carbocycles. The Labute approximate surface area is 60.4 Å². The van der Waals surface area contributed by atoms with E-state index < -0.39 is 8.60 Å². The minimum Gasteiger partial charge on any atom is -0.499 e. The van der Waals surface area contributed by atoms with Gasteiger partial charge in [-0.1, -0.05) is 6.58 Å². The molecule has 1 rings (SSSR count). The Morgan fingerprint density at radius 1 is 1.90 bits per heavy atom. The molecule has 0 aliphatic carbocycles. The average Bonchev–Trinajstić information content (AvgIpc) is 2.31. The van der Waals surface area contributed by atoms with Crippen LogP contribution in [0.5, 0.6) is 0 Å². The van der Waals surface area contributed by atoms with Crippen LogP contribution in [-0.2, 0) is 13.8 Å². The zero-order valence-electron chi connectivity index (χ0n) is 5.40. The second-order valence-electron chi connectivity index (χ2n) is 1.76. The molecule has 1 aliphatic rings. The minimum atomic E-state index is -1.64. The Morgan fingerprint density at radius 3 is 3.20 bits per heavy atom. The lowest BCUT2D eigenvalue weighted by molar-refractivity contribution is 0.119. The summed E-state index contributed by atoms with van der Waals surface area (Å²) >= 11 is 0. The van der Waals surface area contributed by atoms with Crippen LogP contribution in [0.1, 0.15) is 0 Å². The Hall–Kier alpha value is -0.150. The van der Waals surface area contributed by atoms with E-state index in [1.54, 1.807) is 0 Å². The highest BCUT2D eigenvalue weighted by molar-refractivity contribution is 7.40. The molecule has 0 amide bonds. The molecule has 0 bridgehead atoms. The van der Waals surface area contributed by atoms with E-state index in [2.05, 4.69) is 6.58 Å². The van der Waals surface area contributed by atoms with Crippen molar-refractivity contribution in [1.29, 1.82) is 0 Å². The third-order valence-electron chi connectivity index (χ3n) is 1.01. The predicted octanol–water partition coefficient (Wildman–Crippen LogP) is 0.781. The van der Waals surface area contributed by atoms with Gasteiger partial charge in [-0.05, 0) is 0 Å². The summed E-state index contributed by atoms with van der Waals surface area (Å²) in [6.45, 7) is 4.16. The van der Waals surface area contributed by atoms with Gasteiger partial charge in [0.15, 0.2) is 0 Å². The summed E-state index contributed by atoms with van der Waals surface area (Å²) < 4.78 is 14.5. The molecule has 5 heteroatoms. The monoisotopic (exact) mass is 164 g/mol. The van der Waals surface area contributed by atoms with Crippen molar-refractivity contribution < 1.29 is 18.7 Å². The van der Waals surface area contributed by atoms with Crippen LogP contribution in [0.2, 0.25) is 0 Å². The van der Waals surface area contributed by atoms with Gasteiger partial charge >= 0.3 is 8.60 Å². The van der Waals surface area contributed by atoms with Gasteiger partial charge in [0.25, 0.3) is 0 Å². The Balaban J connectivity index is 2.12. The first-order valence-electron chi connectivity index (χ1n) is 2.84. The van der Waals surface area contributed by atoms with E-state index in [9.17, 15) is 0 Å². The number of ether oxygens (including phenoxy) is 1. The van der Waals surface area contributed by atoms with E-state index in [0.29, 0.717) is 13.2 Å². The molecule has 0 saturated carbocycles. The van der Waals surface area contributed by atoms with Gasteiger partial charge in [-0.25, -0.2) is 0 Å². The van der Waals surface area contributed by atoms with Crippen LogP contribution in [0.25, 0.3) is 0 Å². The smallest absolute Gasteiger partial charge is 0.330 e. The molecule has 0 aromatic heterocycles. The molecule has 1 N–H and O–H groups in total. The summed E-state index contributed by atoms with van der Waals surface area (Å²) in [4.78, 5) is 8.74. The van der Waals surface area contributed by atoms with Crippen LogP contribution < -0.4 is 0 Å². The van der Waals surface area contributed by atoms with E-state index in [-0.39, 0.29) is 6.10 Å². The molecule has 2 unspecified atom stereocenters. The second-order valence-corrected chi connectivity index (χ2v) is 2.71. The van der Waals surface area contributed by atoms with Crippen molar-refractivity contribution in [3.8, 4) is 0 Å². The highest BCUT2D eigenvalue weighted by Crippen LogP contribution is 2.40. The molecule has 0 radical (unpaired) electrons. The summed E-state index contributed by atoms with van der Waals surface area (Å²) in [7, 11) is -1.64. The first kappa shape index (κ1) is 7.95. The molecular weight excluding hydrogens is 155 g/mol. The largest absolute Gasteiger partial charge is 0.499 e. The molecule has 1 aliphatic heterocycles. The van der Waals surface area contributed by atoms with Gasteiger partial charge in [0.1, 0.15) is 12.7 Å². The number of hydrogen-bond donors (Lipinski definition) is 1. The third-order valence-corrected chi connectivity index (χ3v) is 1.86. The molecule has 2 atom stereocenters. The van der Waals surface area contributed by atoms with Crippen LogP contribution in [0.4, 0.5) is 0 Å². The molecule has 1 heterocycles. The molecule has 10 heavy (non-hydrogen) atoms. The maximum Gasteiger partial charge on any atom is 0.330 e. The SMILES string of the molecule is C=COCC1COP(O)O1. The lowest BCUT2D eigenvalue weighted by Crippen LogP contribution is -2.15. The van der Waals surface area contributed by atoms with Crippen LogP contribution in [-0.4, -0.2) is 24.2 Å². The number of hydrogen-bond acceptors (Lipinski definition) is 4. The molecule has 1 fully saturated rings. The van der Waals surface area contributed by atoms with Crippen molar-refractivity contribution in [2.24, 2.45) is 0 Å². The highest BCUT2D eigenvalue weighted by Gasteiger charge is 2.25.